The lowest BCUT2D eigenvalue weighted by atomic mass is 10.0. The maximum absolute atomic E-state index is 13.0. The van der Waals surface area contributed by atoms with Gasteiger partial charge in [0.15, 0.2) is 5.92 Å². The molecule has 1 unspecified atom stereocenters. The number of carboxylic acids is 1. The van der Waals surface area contributed by atoms with E-state index in [1.54, 1.807) is 0 Å². The Morgan fingerprint density at radius 3 is 2.57 bits per heavy atom. The Balaban J connectivity index is 2.29. The second-order valence-corrected chi connectivity index (χ2v) is 5.12. The summed E-state index contributed by atoms with van der Waals surface area (Å²) in [5.74, 6) is -3.99. The van der Waals surface area contributed by atoms with Crippen molar-refractivity contribution in [1.29, 1.82) is 0 Å². The molecule has 1 aliphatic rings. The summed E-state index contributed by atoms with van der Waals surface area (Å²) in [6.45, 7) is 0.488. The molecule has 3 amide bonds. The minimum atomic E-state index is -1.35. The highest BCUT2D eigenvalue weighted by Gasteiger charge is 2.43. The van der Waals surface area contributed by atoms with Gasteiger partial charge in [-0.15, -0.1) is 0 Å². The number of halogens is 1. The first kappa shape index (κ1) is 16.9. The molecule has 0 spiro atoms. The minimum absolute atomic E-state index is 0.143. The van der Waals surface area contributed by atoms with Gasteiger partial charge in [0.25, 0.3) is 5.91 Å². The zero-order valence-electron chi connectivity index (χ0n) is 12.6. The second-order valence-electron chi connectivity index (χ2n) is 5.12. The van der Waals surface area contributed by atoms with Crippen molar-refractivity contribution in [2.45, 2.75) is 6.42 Å². The number of amides is 3. The van der Waals surface area contributed by atoms with Crippen LogP contribution in [0.2, 0.25) is 0 Å². The van der Waals surface area contributed by atoms with Gasteiger partial charge in [-0.1, -0.05) is 0 Å². The summed E-state index contributed by atoms with van der Waals surface area (Å²) >= 11 is 0. The third-order valence-electron chi connectivity index (χ3n) is 3.54. The normalized spacial score (nSPS) is 18.4. The van der Waals surface area contributed by atoms with Crippen molar-refractivity contribution in [3.63, 3.8) is 0 Å². The van der Waals surface area contributed by atoms with Crippen LogP contribution in [-0.4, -0.2) is 54.7 Å². The van der Waals surface area contributed by atoms with E-state index in [4.69, 9.17) is 4.74 Å². The Morgan fingerprint density at radius 2 is 2.00 bits per heavy atom. The molecule has 1 fully saturated rings. The Bertz CT molecular complexity index is 604. The van der Waals surface area contributed by atoms with Crippen LogP contribution in [0.15, 0.2) is 24.3 Å². The number of carbonyl (C=O) groups is 3. The average Bonchev–Trinajstić information content (AvgIpc) is 2.51. The van der Waals surface area contributed by atoms with E-state index < -0.39 is 29.6 Å². The van der Waals surface area contributed by atoms with Crippen molar-refractivity contribution in [2.24, 2.45) is 5.92 Å². The number of anilines is 1. The number of aliphatic carboxylic acids is 1. The van der Waals surface area contributed by atoms with Crippen molar-refractivity contribution in [3.05, 3.63) is 30.1 Å². The van der Waals surface area contributed by atoms with E-state index in [0.29, 0.717) is 13.0 Å². The van der Waals surface area contributed by atoms with Gasteiger partial charge in [-0.3, -0.25) is 9.59 Å². The van der Waals surface area contributed by atoms with Crippen molar-refractivity contribution in [2.75, 3.05) is 31.7 Å². The minimum Gasteiger partial charge on any atom is -0.481 e. The van der Waals surface area contributed by atoms with Gasteiger partial charge in [-0.2, -0.15) is 0 Å². The van der Waals surface area contributed by atoms with Crippen LogP contribution in [0, 0.1) is 11.7 Å². The number of ether oxygens (including phenoxy) is 1. The van der Waals surface area contributed by atoms with Crippen molar-refractivity contribution >= 4 is 23.6 Å². The summed E-state index contributed by atoms with van der Waals surface area (Å²) < 4.78 is 17.9. The maximum Gasteiger partial charge on any atom is 0.331 e. The molecule has 1 saturated heterocycles. The van der Waals surface area contributed by atoms with Gasteiger partial charge in [0.05, 0.1) is 5.69 Å². The molecule has 1 aliphatic heterocycles. The number of rotatable bonds is 6. The van der Waals surface area contributed by atoms with Crippen molar-refractivity contribution in [3.8, 4) is 0 Å². The highest BCUT2D eigenvalue weighted by molar-refractivity contribution is 6.21. The Hall–Kier alpha value is -2.48. The number of benzene rings is 1. The number of hydrogen-bond donors (Lipinski definition) is 1. The van der Waals surface area contributed by atoms with Gasteiger partial charge < -0.3 is 14.7 Å². The molecule has 0 radical (unpaired) electrons. The van der Waals surface area contributed by atoms with Crippen LogP contribution in [0.4, 0.5) is 14.9 Å². The average molecular weight is 324 g/mol. The van der Waals surface area contributed by atoms with E-state index in [-0.39, 0.29) is 18.8 Å². The van der Waals surface area contributed by atoms with Crippen LogP contribution in [-0.2, 0) is 14.3 Å². The van der Waals surface area contributed by atoms with Gasteiger partial charge in [0.2, 0.25) is 0 Å². The highest BCUT2D eigenvalue weighted by atomic mass is 19.1. The van der Waals surface area contributed by atoms with E-state index in [1.165, 1.54) is 24.1 Å². The molecule has 1 heterocycles. The molecule has 7 nitrogen and oxygen atoms in total. The van der Waals surface area contributed by atoms with E-state index in [0.717, 1.165) is 17.0 Å². The number of nitrogens with zero attached hydrogens (tertiary/aromatic N) is 2. The quantitative estimate of drug-likeness (QED) is 0.630. The number of hydrogen-bond acceptors (Lipinski definition) is 4. The molecule has 1 N–H and O–H groups in total. The standard InChI is InChI=1S/C15H17FN2O5/c1-23-8-2-7-17-9-12(14(20)21)13(19)18(15(17)22)11-5-3-10(16)4-6-11/h3-6,12H,2,7-9H2,1H3,(H,20,21). The van der Waals surface area contributed by atoms with Gasteiger partial charge in [-0.05, 0) is 30.7 Å². The molecule has 0 aliphatic carbocycles. The predicted molar refractivity (Wildman–Crippen MR) is 78.5 cm³/mol. The van der Waals surface area contributed by atoms with E-state index >= 15 is 0 Å². The smallest absolute Gasteiger partial charge is 0.331 e. The highest BCUT2D eigenvalue weighted by Crippen LogP contribution is 2.24. The molecule has 0 saturated carbocycles. The number of carbonyl (C=O) groups excluding carboxylic acids is 2. The van der Waals surface area contributed by atoms with Gasteiger partial charge in [0.1, 0.15) is 5.82 Å². The Morgan fingerprint density at radius 1 is 1.35 bits per heavy atom. The fourth-order valence-corrected chi connectivity index (χ4v) is 2.37. The van der Waals surface area contributed by atoms with Gasteiger partial charge >= 0.3 is 12.0 Å². The lowest BCUT2D eigenvalue weighted by Gasteiger charge is -2.37. The molecule has 0 aromatic heterocycles. The van der Waals surface area contributed by atoms with Crippen molar-refractivity contribution in [1.82, 2.24) is 4.90 Å². The Kier molecular flexibility index (Phi) is 5.28. The van der Waals surface area contributed by atoms with Gasteiger partial charge in [0, 0.05) is 26.8 Å². The molecule has 8 heteroatoms. The largest absolute Gasteiger partial charge is 0.481 e. The summed E-state index contributed by atoms with van der Waals surface area (Å²) in [7, 11) is 1.52. The third-order valence-corrected chi connectivity index (χ3v) is 3.54. The van der Waals surface area contributed by atoms with Crippen LogP contribution in [0.3, 0.4) is 0 Å². The fourth-order valence-electron chi connectivity index (χ4n) is 2.37. The van der Waals surface area contributed by atoms with Crippen LogP contribution < -0.4 is 4.90 Å². The predicted octanol–water partition coefficient (Wildman–Crippen LogP) is 1.33. The summed E-state index contributed by atoms with van der Waals surface area (Å²) in [5.41, 5.74) is 0.143. The summed E-state index contributed by atoms with van der Waals surface area (Å²) in [6.07, 6.45) is 0.514. The zero-order valence-corrected chi connectivity index (χ0v) is 12.6. The number of urea groups is 1. The molecule has 0 bridgehead atoms. The number of methoxy groups -OCH3 is 1. The fraction of sp³-hybridized carbons (Fsp3) is 0.400. The molecular formula is C15H17FN2O5. The van der Waals surface area contributed by atoms with Crippen LogP contribution in [0.5, 0.6) is 0 Å². The Labute approximate surface area is 132 Å². The molecular weight excluding hydrogens is 307 g/mol. The zero-order chi connectivity index (χ0) is 17.0. The SMILES string of the molecule is COCCCN1CC(C(=O)O)C(=O)N(c2ccc(F)cc2)C1=O. The molecule has 2 rings (SSSR count). The van der Waals surface area contributed by atoms with E-state index in [9.17, 15) is 23.9 Å². The lowest BCUT2D eigenvalue weighted by molar-refractivity contribution is -0.147. The van der Waals surface area contributed by atoms with Crippen LogP contribution in [0.1, 0.15) is 6.42 Å². The first-order chi connectivity index (χ1) is 11.0. The first-order valence-corrected chi connectivity index (χ1v) is 7.06. The second kappa shape index (κ2) is 7.19. The van der Waals surface area contributed by atoms with Crippen LogP contribution >= 0.6 is 0 Å². The summed E-state index contributed by atoms with van der Waals surface area (Å²) in [5, 5.41) is 9.22. The van der Waals surface area contributed by atoms with Gasteiger partial charge in [-0.25, -0.2) is 14.1 Å². The van der Waals surface area contributed by atoms with Crippen molar-refractivity contribution < 1.29 is 28.6 Å². The number of imide groups is 1. The molecule has 23 heavy (non-hydrogen) atoms. The monoisotopic (exact) mass is 324 g/mol. The molecule has 1 aromatic rings. The maximum atomic E-state index is 13.0. The lowest BCUT2D eigenvalue weighted by Crippen LogP contribution is -2.59. The summed E-state index contributed by atoms with van der Waals surface area (Å²) in [4.78, 5) is 38.2. The van der Waals surface area contributed by atoms with E-state index in [1.807, 2.05) is 0 Å². The third kappa shape index (κ3) is 3.65. The van der Waals surface area contributed by atoms with Crippen LogP contribution in [0.25, 0.3) is 0 Å². The topological polar surface area (TPSA) is 87.2 Å². The molecule has 1 atom stereocenters. The molecule has 124 valence electrons. The molecule has 1 aromatic carbocycles. The summed E-state index contributed by atoms with van der Waals surface area (Å²) in [6, 6.07) is 4.13. The van der Waals surface area contributed by atoms with E-state index in [2.05, 4.69) is 0 Å². The number of carboxylic acid groups (broad SMARTS) is 1. The first-order valence-electron chi connectivity index (χ1n) is 7.06.